The maximum absolute atomic E-state index is 12.9. The number of methoxy groups -OCH3 is 2. The number of nitrogens with zero attached hydrogens (tertiary/aromatic N) is 1. The third-order valence-electron chi connectivity index (χ3n) is 4.54. The summed E-state index contributed by atoms with van der Waals surface area (Å²) in [6.45, 7) is 4.85. The molecule has 0 aromatic heterocycles. The first-order valence-corrected chi connectivity index (χ1v) is 11.1. The van der Waals surface area contributed by atoms with E-state index in [9.17, 15) is 13.2 Å². The topological polar surface area (TPSA) is 94.2 Å². The molecule has 2 amide bonds. The Hall–Kier alpha value is -2.78. The van der Waals surface area contributed by atoms with Gasteiger partial charge in [-0.3, -0.25) is 0 Å². The van der Waals surface area contributed by atoms with Crippen LogP contribution in [0.4, 0.5) is 10.5 Å². The molecule has 0 heterocycles. The number of hydrogen-bond donors (Lipinski definition) is 1. The highest BCUT2D eigenvalue weighted by Crippen LogP contribution is 2.30. The molecule has 0 saturated carbocycles. The SMILES string of the molecule is COCCN(Cc1ccc(OC)c(OS(C)(=O)=O)c1)C(=O)Nc1cccc(C)c1C. The van der Waals surface area contributed by atoms with Crippen molar-refractivity contribution >= 4 is 21.8 Å². The maximum Gasteiger partial charge on any atom is 0.322 e. The summed E-state index contributed by atoms with van der Waals surface area (Å²) in [5, 5.41) is 2.94. The van der Waals surface area contributed by atoms with Crippen molar-refractivity contribution in [3.63, 3.8) is 0 Å². The lowest BCUT2D eigenvalue weighted by Crippen LogP contribution is -2.37. The Kier molecular flexibility index (Phi) is 8.08. The highest BCUT2D eigenvalue weighted by molar-refractivity contribution is 7.86. The quantitative estimate of drug-likeness (QED) is 0.606. The van der Waals surface area contributed by atoms with Crippen LogP contribution in [0.5, 0.6) is 11.5 Å². The number of benzene rings is 2. The largest absolute Gasteiger partial charge is 0.493 e. The van der Waals surface area contributed by atoms with Gasteiger partial charge in [-0.2, -0.15) is 8.42 Å². The van der Waals surface area contributed by atoms with Crippen molar-refractivity contribution in [2.75, 3.05) is 38.9 Å². The average molecular weight is 437 g/mol. The zero-order valence-electron chi connectivity index (χ0n) is 17.9. The molecule has 9 heteroatoms. The second kappa shape index (κ2) is 10.3. The number of nitrogens with one attached hydrogen (secondary N) is 1. The summed E-state index contributed by atoms with van der Waals surface area (Å²) in [6.07, 6.45) is 0.960. The maximum atomic E-state index is 12.9. The molecule has 0 fully saturated rings. The molecular weight excluding hydrogens is 408 g/mol. The van der Waals surface area contributed by atoms with Gasteiger partial charge in [-0.15, -0.1) is 0 Å². The number of carbonyl (C=O) groups is 1. The smallest absolute Gasteiger partial charge is 0.322 e. The van der Waals surface area contributed by atoms with Crippen LogP contribution in [0, 0.1) is 13.8 Å². The van der Waals surface area contributed by atoms with Gasteiger partial charge < -0.3 is 23.9 Å². The zero-order valence-corrected chi connectivity index (χ0v) is 18.7. The van der Waals surface area contributed by atoms with Crippen LogP contribution in [0.15, 0.2) is 36.4 Å². The van der Waals surface area contributed by atoms with Gasteiger partial charge in [0.2, 0.25) is 0 Å². The molecule has 0 spiro atoms. The number of carbonyl (C=O) groups excluding carboxylic acids is 1. The number of hydrogen-bond acceptors (Lipinski definition) is 6. The first-order chi connectivity index (χ1) is 14.1. The Balaban J connectivity index is 2.26. The molecule has 0 aliphatic rings. The van der Waals surface area contributed by atoms with Crippen LogP contribution < -0.4 is 14.2 Å². The highest BCUT2D eigenvalue weighted by Gasteiger charge is 2.18. The molecule has 0 aliphatic carbocycles. The Morgan fingerprint density at radius 1 is 1.10 bits per heavy atom. The Morgan fingerprint density at radius 2 is 1.83 bits per heavy atom. The predicted molar refractivity (Wildman–Crippen MR) is 116 cm³/mol. The molecule has 0 unspecified atom stereocenters. The van der Waals surface area contributed by atoms with Crippen molar-refractivity contribution < 1.29 is 26.9 Å². The molecule has 0 atom stereocenters. The van der Waals surface area contributed by atoms with Crippen molar-refractivity contribution in [1.29, 1.82) is 0 Å². The summed E-state index contributed by atoms with van der Waals surface area (Å²) in [5.41, 5.74) is 3.49. The minimum absolute atomic E-state index is 0.0686. The number of ether oxygens (including phenoxy) is 2. The third-order valence-corrected chi connectivity index (χ3v) is 5.02. The lowest BCUT2D eigenvalue weighted by Gasteiger charge is -2.24. The molecule has 2 aromatic carbocycles. The molecule has 8 nitrogen and oxygen atoms in total. The van der Waals surface area contributed by atoms with Crippen LogP contribution in [0.1, 0.15) is 16.7 Å². The van der Waals surface area contributed by atoms with E-state index in [-0.39, 0.29) is 24.1 Å². The van der Waals surface area contributed by atoms with Crippen molar-refractivity contribution in [3.05, 3.63) is 53.1 Å². The highest BCUT2D eigenvalue weighted by atomic mass is 32.2. The van der Waals surface area contributed by atoms with Crippen molar-refractivity contribution in [2.45, 2.75) is 20.4 Å². The molecule has 2 aromatic rings. The normalized spacial score (nSPS) is 11.1. The molecule has 2 rings (SSSR count). The van der Waals surface area contributed by atoms with E-state index in [4.69, 9.17) is 13.7 Å². The van der Waals surface area contributed by atoms with Gasteiger partial charge in [0.05, 0.1) is 20.0 Å². The van der Waals surface area contributed by atoms with Crippen molar-refractivity contribution in [1.82, 2.24) is 4.90 Å². The van der Waals surface area contributed by atoms with E-state index >= 15 is 0 Å². The lowest BCUT2D eigenvalue weighted by molar-refractivity contribution is 0.153. The van der Waals surface area contributed by atoms with E-state index in [0.717, 1.165) is 23.1 Å². The second-order valence-electron chi connectivity index (χ2n) is 6.86. The summed E-state index contributed by atoms with van der Waals surface area (Å²) in [6, 6.07) is 10.3. The number of anilines is 1. The van der Waals surface area contributed by atoms with E-state index in [2.05, 4.69) is 5.32 Å². The fourth-order valence-electron chi connectivity index (χ4n) is 2.80. The van der Waals surface area contributed by atoms with E-state index in [0.29, 0.717) is 18.7 Å². The van der Waals surface area contributed by atoms with Crippen LogP contribution >= 0.6 is 0 Å². The van der Waals surface area contributed by atoms with Gasteiger partial charge in [0.1, 0.15) is 0 Å². The molecule has 1 N–H and O–H groups in total. The van der Waals surface area contributed by atoms with Gasteiger partial charge in [-0.25, -0.2) is 4.79 Å². The zero-order chi connectivity index (χ0) is 22.3. The summed E-state index contributed by atoms with van der Waals surface area (Å²) in [4.78, 5) is 14.5. The van der Waals surface area contributed by atoms with Crippen LogP contribution in [-0.2, 0) is 21.4 Å². The first kappa shape index (κ1) is 23.5. The average Bonchev–Trinajstić information content (AvgIpc) is 2.67. The first-order valence-electron chi connectivity index (χ1n) is 9.32. The van der Waals surface area contributed by atoms with Crippen molar-refractivity contribution in [3.8, 4) is 11.5 Å². The molecule has 0 saturated heterocycles. The van der Waals surface area contributed by atoms with E-state index < -0.39 is 10.1 Å². The molecular formula is C21H28N2O6S. The lowest BCUT2D eigenvalue weighted by atomic mass is 10.1. The molecule has 0 aliphatic heterocycles. The van der Waals surface area contributed by atoms with Gasteiger partial charge in [0.15, 0.2) is 11.5 Å². The molecule has 0 radical (unpaired) electrons. The van der Waals surface area contributed by atoms with Gasteiger partial charge in [0, 0.05) is 25.9 Å². The fourth-order valence-corrected chi connectivity index (χ4v) is 3.26. The van der Waals surface area contributed by atoms with E-state index in [1.165, 1.54) is 7.11 Å². The van der Waals surface area contributed by atoms with Crippen LogP contribution in [0.25, 0.3) is 0 Å². The molecule has 30 heavy (non-hydrogen) atoms. The standard InChI is InChI=1S/C21H28N2O6S/c1-15-7-6-8-18(16(15)2)22-21(24)23(11-12-27-3)14-17-9-10-19(28-4)20(13-17)29-30(5,25)26/h6-10,13H,11-12,14H2,1-5H3,(H,22,24). The van der Waals surface area contributed by atoms with Gasteiger partial charge in [0.25, 0.3) is 0 Å². The molecule has 164 valence electrons. The number of amides is 2. The minimum atomic E-state index is -3.73. The van der Waals surface area contributed by atoms with Crippen LogP contribution in [0.3, 0.4) is 0 Å². The number of aryl methyl sites for hydroxylation is 1. The Morgan fingerprint density at radius 3 is 2.47 bits per heavy atom. The Bertz CT molecular complexity index is 991. The van der Waals surface area contributed by atoms with E-state index in [1.54, 1.807) is 30.2 Å². The second-order valence-corrected chi connectivity index (χ2v) is 8.44. The van der Waals surface area contributed by atoms with Crippen LogP contribution in [-0.4, -0.2) is 53.0 Å². The fraction of sp³-hybridized carbons (Fsp3) is 0.381. The predicted octanol–water partition coefficient (Wildman–Crippen LogP) is 3.33. The van der Waals surface area contributed by atoms with Gasteiger partial charge >= 0.3 is 16.1 Å². The molecule has 0 bridgehead atoms. The Labute approximate surface area is 177 Å². The summed E-state index contributed by atoms with van der Waals surface area (Å²) in [5.74, 6) is 0.353. The van der Waals surface area contributed by atoms with Gasteiger partial charge in [-0.05, 0) is 48.7 Å². The van der Waals surface area contributed by atoms with E-state index in [1.807, 2.05) is 32.0 Å². The number of rotatable bonds is 9. The summed E-state index contributed by atoms with van der Waals surface area (Å²) >= 11 is 0. The third kappa shape index (κ3) is 6.64. The minimum Gasteiger partial charge on any atom is -0.493 e. The number of urea groups is 1. The summed E-state index contributed by atoms with van der Waals surface area (Å²) in [7, 11) is -0.743. The van der Waals surface area contributed by atoms with Crippen molar-refractivity contribution in [2.24, 2.45) is 0 Å². The van der Waals surface area contributed by atoms with Gasteiger partial charge in [-0.1, -0.05) is 18.2 Å². The van der Waals surface area contributed by atoms with Crippen LogP contribution in [0.2, 0.25) is 0 Å². The summed E-state index contributed by atoms with van der Waals surface area (Å²) < 4.78 is 38.4. The monoisotopic (exact) mass is 436 g/mol.